The Labute approximate surface area is 150 Å². The summed E-state index contributed by atoms with van der Waals surface area (Å²) in [4.78, 5) is 24.5. The predicted molar refractivity (Wildman–Crippen MR) is 103 cm³/mol. The molecule has 5 heteroatoms. The molecule has 0 amide bonds. The van der Waals surface area contributed by atoms with E-state index >= 15 is 0 Å². The molecular formula is C21H18N4O. The molecule has 2 heterocycles. The Kier molecular flexibility index (Phi) is 3.45. The molecule has 26 heavy (non-hydrogen) atoms. The highest BCUT2D eigenvalue weighted by molar-refractivity contribution is 6.04. The normalized spacial score (nSPS) is 14.0. The lowest BCUT2D eigenvalue weighted by molar-refractivity contribution is 0.112. The summed E-state index contributed by atoms with van der Waals surface area (Å²) in [7, 11) is 0. The molecular weight excluding hydrogens is 324 g/mol. The van der Waals surface area contributed by atoms with Gasteiger partial charge in [0.2, 0.25) is 0 Å². The van der Waals surface area contributed by atoms with Gasteiger partial charge in [0.05, 0.1) is 16.8 Å². The lowest BCUT2D eigenvalue weighted by Crippen LogP contribution is -2.07. The van der Waals surface area contributed by atoms with Crippen LogP contribution in [0, 0.1) is 5.92 Å². The molecule has 4 aromatic rings. The SMILES string of the molecule is O=Cc1c(-c2nc(NCC3CC3)c3ccccc3n2)[nH]c2ccccc12. The number of H-pyrrole nitrogens is 1. The minimum absolute atomic E-state index is 0.542. The molecule has 2 aromatic heterocycles. The van der Waals surface area contributed by atoms with Crippen LogP contribution in [0.2, 0.25) is 0 Å². The van der Waals surface area contributed by atoms with E-state index in [-0.39, 0.29) is 0 Å². The Hall–Kier alpha value is -3.21. The lowest BCUT2D eigenvalue weighted by Gasteiger charge is -2.10. The molecule has 0 spiro atoms. The number of carbonyl (C=O) groups excluding carboxylic acids is 1. The number of aromatic nitrogens is 3. The van der Waals surface area contributed by atoms with Crippen LogP contribution >= 0.6 is 0 Å². The maximum absolute atomic E-state index is 11.8. The van der Waals surface area contributed by atoms with Gasteiger partial charge in [0, 0.05) is 22.8 Å². The fourth-order valence-corrected chi connectivity index (χ4v) is 3.35. The van der Waals surface area contributed by atoms with Gasteiger partial charge >= 0.3 is 0 Å². The average Bonchev–Trinajstić information content (AvgIpc) is 3.44. The molecule has 0 radical (unpaired) electrons. The number of nitrogens with zero attached hydrogens (tertiary/aromatic N) is 2. The number of aromatic amines is 1. The minimum Gasteiger partial charge on any atom is -0.369 e. The number of benzene rings is 2. The maximum Gasteiger partial charge on any atom is 0.179 e. The number of fused-ring (bicyclic) bond motifs is 2. The van der Waals surface area contributed by atoms with Crippen LogP contribution in [-0.2, 0) is 0 Å². The van der Waals surface area contributed by atoms with Gasteiger partial charge in [-0.1, -0.05) is 30.3 Å². The third-order valence-electron chi connectivity index (χ3n) is 4.95. The van der Waals surface area contributed by atoms with E-state index in [2.05, 4.69) is 10.3 Å². The summed E-state index contributed by atoms with van der Waals surface area (Å²) < 4.78 is 0. The van der Waals surface area contributed by atoms with Crippen molar-refractivity contribution in [1.29, 1.82) is 0 Å². The fourth-order valence-electron chi connectivity index (χ4n) is 3.35. The first-order valence-corrected chi connectivity index (χ1v) is 8.90. The van der Waals surface area contributed by atoms with Crippen molar-refractivity contribution in [3.63, 3.8) is 0 Å². The molecule has 128 valence electrons. The van der Waals surface area contributed by atoms with E-state index < -0.39 is 0 Å². The van der Waals surface area contributed by atoms with Crippen LogP contribution in [0.5, 0.6) is 0 Å². The maximum atomic E-state index is 11.8. The van der Waals surface area contributed by atoms with Crippen LogP contribution in [0.25, 0.3) is 33.3 Å². The number of rotatable bonds is 5. The van der Waals surface area contributed by atoms with Crippen LogP contribution in [-0.4, -0.2) is 27.8 Å². The van der Waals surface area contributed by atoms with Gasteiger partial charge in [-0.15, -0.1) is 0 Å². The number of hydrogen-bond donors (Lipinski definition) is 2. The smallest absolute Gasteiger partial charge is 0.179 e. The summed E-state index contributed by atoms with van der Waals surface area (Å²) >= 11 is 0. The van der Waals surface area contributed by atoms with Crippen molar-refractivity contribution in [2.24, 2.45) is 5.92 Å². The molecule has 0 unspecified atom stereocenters. The largest absolute Gasteiger partial charge is 0.369 e. The average molecular weight is 342 g/mol. The molecule has 2 N–H and O–H groups in total. The van der Waals surface area contributed by atoms with E-state index in [1.54, 1.807) is 0 Å². The number of anilines is 1. The van der Waals surface area contributed by atoms with Crippen molar-refractivity contribution in [1.82, 2.24) is 15.0 Å². The van der Waals surface area contributed by atoms with E-state index in [1.165, 1.54) is 12.8 Å². The third kappa shape index (κ3) is 2.52. The van der Waals surface area contributed by atoms with Crippen LogP contribution < -0.4 is 5.32 Å². The zero-order valence-electron chi connectivity index (χ0n) is 14.2. The van der Waals surface area contributed by atoms with Crippen molar-refractivity contribution in [3.05, 3.63) is 54.1 Å². The van der Waals surface area contributed by atoms with Gasteiger partial charge in [0.1, 0.15) is 5.82 Å². The number of aldehydes is 1. The Morgan fingerprint density at radius 3 is 2.62 bits per heavy atom. The highest BCUT2D eigenvalue weighted by atomic mass is 16.1. The van der Waals surface area contributed by atoms with Crippen LogP contribution in [0.1, 0.15) is 23.2 Å². The standard InChI is InChI=1S/C21H18N4O/c26-12-16-14-5-1-3-7-17(14)23-19(16)21-24-18-8-4-2-6-15(18)20(25-21)22-11-13-9-10-13/h1-8,12-13,23H,9-11H2,(H,22,24,25). The van der Waals surface area contributed by atoms with Crippen molar-refractivity contribution in [2.45, 2.75) is 12.8 Å². The summed E-state index contributed by atoms with van der Waals surface area (Å²) in [6, 6.07) is 15.7. The zero-order chi connectivity index (χ0) is 17.5. The summed E-state index contributed by atoms with van der Waals surface area (Å²) in [5.41, 5.74) is 3.05. The quantitative estimate of drug-likeness (QED) is 0.527. The van der Waals surface area contributed by atoms with Crippen LogP contribution in [0.3, 0.4) is 0 Å². The van der Waals surface area contributed by atoms with Gasteiger partial charge in [0.15, 0.2) is 12.1 Å². The second-order valence-corrected chi connectivity index (χ2v) is 6.81. The Balaban J connectivity index is 1.70. The second-order valence-electron chi connectivity index (χ2n) is 6.81. The molecule has 0 saturated heterocycles. The summed E-state index contributed by atoms with van der Waals surface area (Å²) in [6.07, 6.45) is 3.43. The molecule has 1 saturated carbocycles. The lowest BCUT2D eigenvalue weighted by atomic mass is 10.1. The summed E-state index contributed by atoms with van der Waals surface area (Å²) in [5.74, 6) is 2.11. The first-order valence-electron chi connectivity index (χ1n) is 8.90. The topological polar surface area (TPSA) is 70.7 Å². The second kappa shape index (κ2) is 5.95. The number of carbonyl (C=O) groups is 1. The monoisotopic (exact) mass is 342 g/mol. The number of para-hydroxylation sites is 2. The minimum atomic E-state index is 0.542. The highest BCUT2D eigenvalue weighted by Crippen LogP contribution is 2.32. The van der Waals surface area contributed by atoms with Gasteiger partial charge < -0.3 is 10.3 Å². The van der Waals surface area contributed by atoms with Crippen LogP contribution in [0.15, 0.2) is 48.5 Å². The van der Waals surface area contributed by atoms with Gasteiger partial charge in [-0.05, 0) is 37.0 Å². The molecule has 5 nitrogen and oxygen atoms in total. The van der Waals surface area contributed by atoms with E-state index in [0.29, 0.717) is 17.1 Å². The Bertz CT molecular complexity index is 1130. The van der Waals surface area contributed by atoms with Gasteiger partial charge in [-0.3, -0.25) is 4.79 Å². The molecule has 5 rings (SSSR count). The molecule has 0 aliphatic heterocycles. The zero-order valence-corrected chi connectivity index (χ0v) is 14.2. The van der Waals surface area contributed by atoms with Gasteiger partial charge in [-0.2, -0.15) is 0 Å². The predicted octanol–water partition coefficient (Wildman–Crippen LogP) is 4.41. The first kappa shape index (κ1) is 15.1. The fraction of sp³-hybridized carbons (Fsp3) is 0.190. The Morgan fingerprint density at radius 2 is 1.81 bits per heavy atom. The van der Waals surface area contributed by atoms with Crippen molar-refractivity contribution in [2.75, 3.05) is 11.9 Å². The van der Waals surface area contributed by atoms with E-state index in [1.807, 2.05) is 48.5 Å². The molecule has 1 fully saturated rings. The van der Waals surface area contributed by atoms with Crippen molar-refractivity contribution < 1.29 is 4.79 Å². The van der Waals surface area contributed by atoms with Gasteiger partial charge in [0.25, 0.3) is 0 Å². The molecule has 0 bridgehead atoms. The third-order valence-corrected chi connectivity index (χ3v) is 4.95. The molecule has 1 aliphatic rings. The summed E-state index contributed by atoms with van der Waals surface area (Å²) in [6.45, 7) is 0.924. The molecule has 0 atom stereocenters. The summed E-state index contributed by atoms with van der Waals surface area (Å²) in [5, 5.41) is 5.37. The van der Waals surface area contributed by atoms with E-state index in [9.17, 15) is 4.79 Å². The number of nitrogens with one attached hydrogen (secondary N) is 2. The number of hydrogen-bond acceptors (Lipinski definition) is 4. The highest BCUT2D eigenvalue weighted by Gasteiger charge is 2.22. The van der Waals surface area contributed by atoms with Crippen molar-refractivity contribution >= 4 is 33.9 Å². The van der Waals surface area contributed by atoms with E-state index in [0.717, 1.165) is 46.4 Å². The molecule has 1 aliphatic carbocycles. The van der Waals surface area contributed by atoms with Crippen molar-refractivity contribution in [3.8, 4) is 11.5 Å². The van der Waals surface area contributed by atoms with E-state index in [4.69, 9.17) is 9.97 Å². The molecule has 2 aromatic carbocycles. The van der Waals surface area contributed by atoms with Gasteiger partial charge in [-0.25, -0.2) is 9.97 Å². The first-order chi connectivity index (χ1) is 12.8. The van der Waals surface area contributed by atoms with Crippen LogP contribution in [0.4, 0.5) is 5.82 Å². The Morgan fingerprint density at radius 1 is 1.04 bits per heavy atom.